The minimum absolute atomic E-state index is 0.290. The molecule has 2 rings (SSSR count). The number of thiocarbonyl (C=S) groups is 1. The molecule has 0 saturated carbocycles. The van der Waals surface area contributed by atoms with Crippen molar-refractivity contribution in [3.05, 3.63) is 53.2 Å². The van der Waals surface area contributed by atoms with E-state index >= 15 is 0 Å². The van der Waals surface area contributed by atoms with Crippen LogP contribution in [0.5, 0.6) is 11.6 Å². The van der Waals surface area contributed by atoms with E-state index in [-0.39, 0.29) is 0 Å². The second kappa shape index (κ2) is 6.68. The number of nitrogens with zero attached hydrogens (tertiary/aromatic N) is 1. The van der Waals surface area contributed by atoms with Gasteiger partial charge in [0.2, 0.25) is 5.88 Å². The van der Waals surface area contributed by atoms with Crippen LogP contribution in [0.25, 0.3) is 0 Å². The van der Waals surface area contributed by atoms with Crippen molar-refractivity contribution in [2.45, 2.75) is 33.1 Å². The monoisotopic (exact) mass is 300 g/mol. The van der Waals surface area contributed by atoms with Gasteiger partial charge in [0.1, 0.15) is 10.7 Å². The zero-order chi connectivity index (χ0) is 15.4. The van der Waals surface area contributed by atoms with E-state index in [0.717, 1.165) is 23.4 Å². The van der Waals surface area contributed by atoms with E-state index in [4.69, 9.17) is 22.7 Å². The summed E-state index contributed by atoms with van der Waals surface area (Å²) in [4.78, 5) is 4.72. The van der Waals surface area contributed by atoms with Crippen LogP contribution in [0.1, 0.15) is 43.0 Å². The number of aryl methyl sites for hydroxylation is 1. The minimum Gasteiger partial charge on any atom is -0.438 e. The summed E-state index contributed by atoms with van der Waals surface area (Å²) in [6, 6.07) is 11.7. The fraction of sp³-hybridized carbons (Fsp3) is 0.294. The summed E-state index contributed by atoms with van der Waals surface area (Å²) in [7, 11) is 0. The molecule has 3 nitrogen and oxygen atoms in total. The summed E-state index contributed by atoms with van der Waals surface area (Å²) in [5, 5.41) is 0. The van der Waals surface area contributed by atoms with Crippen molar-refractivity contribution < 1.29 is 4.74 Å². The van der Waals surface area contributed by atoms with Gasteiger partial charge in [-0.25, -0.2) is 4.98 Å². The zero-order valence-electron chi connectivity index (χ0n) is 12.6. The van der Waals surface area contributed by atoms with Crippen LogP contribution in [0.2, 0.25) is 0 Å². The molecule has 0 fully saturated rings. The lowest BCUT2D eigenvalue weighted by molar-refractivity contribution is 0.450. The minimum atomic E-state index is 0.290. The molecule has 1 unspecified atom stereocenters. The molecule has 1 atom stereocenters. The molecule has 2 aromatic rings. The van der Waals surface area contributed by atoms with Gasteiger partial charge in [0, 0.05) is 5.69 Å². The number of ether oxygens (including phenoxy) is 1. The normalized spacial score (nSPS) is 12.0. The highest BCUT2D eigenvalue weighted by Gasteiger charge is 2.14. The summed E-state index contributed by atoms with van der Waals surface area (Å²) in [6.45, 7) is 6.25. The second-order valence-corrected chi connectivity index (χ2v) is 5.56. The molecular formula is C17H20N2OS. The smallest absolute Gasteiger partial charge is 0.229 e. The fourth-order valence-corrected chi connectivity index (χ4v) is 2.26. The van der Waals surface area contributed by atoms with E-state index in [1.165, 1.54) is 0 Å². The van der Waals surface area contributed by atoms with Crippen molar-refractivity contribution in [2.24, 2.45) is 5.73 Å². The Balaban J connectivity index is 2.43. The molecule has 0 bridgehead atoms. The van der Waals surface area contributed by atoms with Gasteiger partial charge in [0.15, 0.2) is 0 Å². The lowest BCUT2D eigenvalue weighted by atomic mass is 9.98. The van der Waals surface area contributed by atoms with Gasteiger partial charge in [0.25, 0.3) is 0 Å². The quantitative estimate of drug-likeness (QED) is 0.835. The molecule has 1 aromatic heterocycles. The van der Waals surface area contributed by atoms with Crippen LogP contribution in [0.15, 0.2) is 36.4 Å². The van der Waals surface area contributed by atoms with Crippen molar-refractivity contribution in [1.29, 1.82) is 0 Å². The Morgan fingerprint density at radius 1 is 1.29 bits per heavy atom. The topological polar surface area (TPSA) is 48.1 Å². The van der Waals surface area contributed by atoms with Gasteiger partial charge in [-0.05, 0) is 43.0 Å². The maximum Gasteiger partial charge on any atom is 0.229 e. The van der Waals surface area contributed by atoms with Crippen LogP contribution in [0.4, 0.5) is 0 Å². The van der Waals surface area contributed by atoms with Gasteiger partial charge in [-0.15, -0.1) is 0 Å². The first-order chi connectivity index (χ1) is 10.0. The van der Waals surface area contributed by atoms with E-state index in [9.17, 15) is 0 Å². The molecule has 1 heterocycles. The van der Waals surface area contributed by atoms with E-state index in [1.807, 2.05) is 37.3 Å². The van der Waals surface area contributed by atoms with Gasteiger partial charge >= 0.3 is 0 Å². The highest BCUT2D eigenvalue weighted by Crippen LogP contribution is 2.32. The summed E-state index contributed by atoms with van der Waals surface area (Å²) < 4.78 is 6.03. The Hall–Kier alpha value is -1.94. The van der Waals surface area contributed by atoms with Gasteiger partial charge < -0.3 is 10.5 Å². The molecule has 0 aliphatic heterocycles. The zero-order valence-corrected chi connectivity index (χ0v) is 13.4. The van der Waals surface area contributed by atoms with E-state index < -0.39 is 0 Å². The molecule has 2 N–H and O–H groups in total. The number of pyridine rings is 1. The summed E-state index contributed by atoms with van der Waals surface area (Å²) >= 11 is 5.07. The van der Waals surface area contributed by atoms with Crippen molar-refractivity contribution in [3.8, 4) is 11.6 Å². The van der Waals surface area contributed by atoms with E-state index in [0.29, 0.717) is 22.3 Å². The fourth-order valence-electron chi connectivity index (χ4n) is 2.10. The highest BCUT2D eigenvalue weighted by molar-refractivity contribution is 7.80. The van der Waals surface area contributed by atoms with Crippen LogP contribution in [0, 0.1) is 6.92 Å². The Bertz CT molecular complexity index is 655. The molecule has 4 heteroatoms. The van der Waals surface area contributed by atoms with Crippen LogP contribution in [-0.2, 0) is 0 Å². The Kier molecular flexibility index (Phi) is 4.91. The molecule has 1 aromatic carbocycles. The number of hydrogen-bond acceptors (Lipinski definition) is 3. The third-order valence-electron chi connectivity index (χ3n) is 3.53. The van der Waals surface area contributed by atoms with Crippen LogP contribution < -0.4 is 10.5 Å². The van der Waals surface area contributed by atoms with Gasteiger partial charge in [0.05, 0.1) is 5.56 Å². The molecule has 0 aliphatic rings. The predicted molar refractivity (Wildman–Crippen MR) is 90.1 cm³/mol. The number of para-hydroxylation sites is 1. The number of rotatable bonds is 5. The van der Waals surface area contributed by atoms with Gasteiger partial charge in [-0.1, -0.05) is 44.3 Å². The lowest BCUT2D eigenvalue weighted by Gasteiger charge is -2.16. The van der Waals surface area contributed by atoms with Crippen LogP contribution >= 0.6 is 12.2 Å². The second-order valence-electron chi connectivity index (χ2n) is 5.12. The van der Waals surface area contributed by atoms with Crippen LogP contribution in [-0.4, -0.2) is 9.97 Å². The van der Waals surface area contributed by atoms with Crippen molar-refractivity contribution in [3.63, 3.8) is 0 Å². The van der Waals surface area contributed by atoms with Crippen molar-refractivity contribution in [1.82, 2.24) is 4.98 Å². The third kappa shape index (κ3) is 3.58. The lowest BCUT2D eigenvalue weighted by Crippen LogP contribution is -2.12. The average molecular weight is 300 g/mol. The maximum absolute atomic E-state index is 6.03. The van der Waals surface area contributed by atoms with E-state index in [1.54, 1.807) is 0 Å². The molecule has 0 saturated heterocycles. The molecular weight excluding hydrogens is 280 g/mol. The van der Waals surface area contributed by atoms with Crippen molar-refractivity contribution in [2.75, 3.05) is 0 Å². The van der Waals surface area contributed by atoms with Crippen molar-refractivity contribution >= 4 is 17.2 Å². The summed E-state index contributed by atoms with van der Waals surface area (Å²) in [5.41, 5.74) is 8.45. The molecule has 0 aliphatic carbocycles. The molecule has 110 valence electrons. The number of nitrogens with two attached hydrogens (primary N) is 1. The Morgan fingerprint density at radius 2 is 2.00 bits per heavy atom. The summed E-state index contributed by atoms with van der Waals surface area (Å²) in [5.74, 6) is 1.69. The standard InChI is InChI=1S/C17H20N2OS/c1-4-11(2)13-7-5-6-8-15(13)20-17-14(16(18)21)10-9-12(3)19-17/h5-11H,4H2,1-3H3,(H2,18,21). The molecule has 21 heavy (non-hydrogen) atoms. The third-order valence-corrected chi connectivity index (χ3v) is 3.75. The maximum atomic E-state index is 6.03. The van der Waals surface area contributed by atoms with Gasteiger partial charge in [-0.3, -0.25) is 0 Å². The summed E-state index contributed by atoms with van der Waals surface area (Å²) in [6.07, 6.45) is 1.05. The molecule has 0 amide bonds. The first kappa shape index (κ1) is 15.4. The number of hydrogen-bond donors (Lipinski definition) is 1. The number of benzene rings is 1. The first-order valence-electron chi connectivity index (χ1n) is 7.07. The largest absolute Gasteiger partial charge is 0.438 e. The van der Waals surface area contributed by atoms with Crippen LogP contribution in [0.3, 0.4) is 0 Å². The SMILES string of the molecule is CCC(C)c1ccccc1Oc1nc(C)ccc1C(N)=S. The number of aromatic nitrogens is 1. The predicted octanol–water partition coefficient (Wildman–Crippen LogP) is 4.33. The van der Waals surface area contributed by atoms with Gasteiger partial charge in [-0.2, -0.15) is 0 Å². The Morgan fingerprint density at radius 3 is 2.67 bits per heavy atom. The average Bonchev–Trinajstić information content (AvgIpc) is 2.47. The Labute approximate surface area is 131 Å². The molecule has 0 radical (unpaired) electrons. The van der Waals surface area contributed by atoms with E-state index in [2.05, 4.69) is 24.9 Å². The highest BCUT2D eigenvalue weighted by atomic mass is 32.1. The first-order valence-corrected chi connectivity index (χ1v) is 7.48. The molecule has 0 spiro atoms.